The van der Waals surface area contributed by atoms with E-state index in [0.717, 1.165) is 12.8 Å². The van der Waals surface area contributed by atoms with Gasteiger partial charge in [-0.25, -0.2) is 12.7 Å². The van der Waals surface area contributed by atoms with Crippen LogP contribution in [0.2, 0.25) is 0 Å². The van der Waals surface area contributed by atoms with Crippen LogP contribution in [0.4, 0.5) is 0 Å². The van der Waals surface area contributed by atoms with Crippen molar-refractivity contribution in [3.63, 3.8) is 0 Å². The average molecular weight is 317 g/mol. The van der Waals surface area contributed by atoms with Crippen molar-refractivity contribution in [1.29, 1.82) is 0 Å². The molecule has 2 amide bonds. The fraction of sp³-hybridized carbons (Fsp3) is 0.846. The Hall–Kier alpha value is -0.990. The van der Waals surface area contributed by atoms with Gasteiger partial charge in [0.2, 0.25) is 21.8 Å². The number of hydrogen-bond donors (Lipinski definition) is 1. The fourth-order valence-electron chi connectivity index (χ4n) is 2.91. The van der Waals surface area contributed by atoms with Crippen LogP contribution in [-0.4, -0.2) is 68.4 Å². The van der Waals surface area contributed by atoms with E-state index in [1.807, 2.05) is 0 Å². The lowest BCUT2D eigenvalue weighted by Crippen LogP contribution is -2.53. The first kappa shape index (κ1) is 16.4. The third kappa shape index (κ3) is 4.02. The van der Waals surface area contributed by atoms with Crippen LogP contribution in [-0.2, 0) is 19.6 Å². The van der Waals surface area contributed by atoms with Gasteiger partial charge in [-0.05, 0) is 31.7 Å². The Morgan fingerprint density at radius 1 is 1.29 bits per heavy atom. The first-order valence-electron chi connectivity index (χ1n) is 7.28. The van der Waals surface area contributed by atoms with E-state index in [2.05, 4.69) is 5.32 Å². The minimum atomic E-state index is -3.14. The van der Waals surface area contributed by atoms with Crippen molar-refractivity contribution in [2.45, 2.75) is 31.7 Å². The molecule has 8 heteroatoms. The van der Waals surface area contributed by atoms with Gasteiger partial charge in [0.05, 0.1) is 12.3 Å². The fourth-order valence-corrected chi connectivity index (χ4v) is 3.85. The predicted octanol–water partition coefficient (Wildman–Crippen LogP) is -0.605. The molecule has 2 atom stereocenters. The molecule has 0 saturated carbocycles. The second-order valence-corrected chi connectivity index (χ2v) is 7.90. The third-order valence-corrected chi connectivity index (χ3v) is 5.52. The number of hydrogen-bond acceptors (Lipinski definition) is 5. The van der Waals surface area contributed by atoms with Crippen molar-refractivity contribution in [2.75, 3.05) is 32.9 Å². The minimum Gasteiger partial charge on any atom is -0.306 e. The van der Waals surface area contributed by atoms with E-state index < -0.39 is 10.0 Å². The van der Waals surface area contributed by atoms with Crippen molar-refractivity contribution in [3.05, 3.63) is 0 Å². The molecule has 2 fully saturated rings. The first-order valence-corrected chi connectivity index (χ1v) is 9.13. The molecule has 1 N–H and O–H groups in total. The molecule has 2 heterocycles. The number of sulfonamides is 1. The summed E-state index contributed by atoms with van der Waals surface area (Å²) in [7, 11) is -1.64. The van der Waals surface area contributed by atoms with Crippen molar-refractivity contribution < 1.29 is 18.0 Å². The molecule has 2 aliphatic rings. The Morgan fingerprint density at radius 3 is 2.67 bits per heavy atom. The summed E-state index contributed by atoms with van der Waals surface area (Å²) in [6.45, 7) is 1.68. The highest BCUT2D eigenvalue weighted by Crippen LogP contribution is 2.19. The number of nitrogens with zero attached hydrogens (tertiary/aromatic N) is 2. The number of imide groups is 1. The molecular weight excluding hydrogens is 294 g/mol. The van der Waals surface area contributed by atoms with Gasteiger partial charge in [-0.3, -0.25) is 14.5 Å². The minimum absolute atomic E-state index is 0.140. The summed E-state index contributed by atoms with van der Waals surface area (Å²) < 4.78 is 24.7. The van der Waals surface area contributed by atoms with Crippen LogP contribution in [0, 0.1) is 5.92 Å². The zero-order valence-electron chi connectivity index (χ0n) is 12.5. The molecule has 0 aromatic carbocycles. The van der Waals surface area contributed by atoms with E-state index in [9.17, 15) is 18.0 Å². The molecule has 2 rings (SSSR count). The largest absolute Gasteiger partial charge is 0.306 e. The van der Waals surface area contributed by atoms with Crippen LogP contribution in [0.25, 0.3) is 0 Å². The number of piperidine rings is 2. The normalized spacial score (nSPS) is 29.0. The molecule has 2 unspecified atom stereocenters. The molecule has 7 nitrogen and oxygen atoms in total. The van der Waals surface area contributed by atoms with Gasteiger partial charge in [0.25, 0.3) is 0 Å². The smallest absolute Gasteiger partial charge is 0.246 e. The molecule has 2 saturated heterocycles. The Morgan fingerprint density at radius 2 is 2.00 bits per heavy atom. The van der Waals surface area contributed by atoms with Crippen LogP contribution >= 0.6 is 0 Å². The Balaban J connectivity index is 1.86. The Kier molecular flexibility index (Phi) is 5.00. The average Bonchev–Trinajstić information content (AvgIpc) is 2.43. The van der Waals surface area contributed by atoms with Crippen molar-refractivity contribution >= 4 is 21.8 Å². The van der Waals surface area contributed by atoms with Gasteiger partial charge < -0.3 is 5.32 Å². The molecule has 0 aromatic rings. The van der Waals surface area contributed by atoms with E-state index in [1.165, 1.54) is 22.5 Å². The summed E-state index contributed by atoms with van der Waals surface area (Å²) in [5.41, 5.74) is 0. The number of carbonyl (C=O) groups excluding carboxylic acids is 2. The molecule has 2 aliphatic heterocycles. The zero-order chi connectivity index (χ0) is 15.6. The number of amides is 2. The van der Waals surface area contributed by atoms with Gasteiger partial charge in [0.1, 0.15) is 0 Å². The third-order valence-electron chi connectivity index (χ3n) is 4.25. The molecule has 0 radical (unpaired) electrons. The SMILES string of the molecule is CN1C(=O)CCC(NCC2CCCN(S(C)(=O)=O)C2)C1=O. The molecule has 120 valence electrons. The van der Waals surface area contributed by atoms with Crippen molar-refractivity contribution in [2.24, 2.45) is 5.92 Å². The van der Waals surface area contributed by atoms with Crippen LogP contribution in [0.15, 0.2) is 0 Å². The van der Waals surface area contributed by atoms with Crippen molar-refractivity contribution in [3.8, 4) is 0 Å². The maximum Gasteiger partial charge on any atom is 0.246 e. The summed E-state index contributed by atoms with van der Waals surface area (Å²) in [5.74, 6) is -0.120. The van der Waals surface area contributed by atoms with Gasteiger partial charge in [-0.15, -0.1) is 0 Å². The summed E-state index contributed by atoms with van der Waals surface area (Å²) in [5, 5.41) is 3.20. The van der Waals surface area contributed by atoms with Crippen LogP contribution in [0.3, 0.4) is 0 Å². The highest BCUT2D eigenvalue weighted by atomic mass is 32.2. The number of rotatable bonds is 4. The lowest BCUT2D eigenvalue weighted by atomic mass is 9.98. The molecular formula is C13H23N3O4S. The summed E-state index contributed by atoms with van der Waals surface area (Å²) in [4.78, 5) is 24.6. The quantitative estimate of drug-likeness (QED) is 0.699. The standard InChI is InChI=1S/C13H23N3O4S/c1-15-12(17)6-5-11(13(15)18)14-8-10-4-3-7-16(9-10)21(2,19)20/h10-11,14H,3-9H2,1-2H3. The molecule has 21 heavy (non-hydrogen) atoms. The van der Waals surface area contributed by atoms with Gasteiger partial charge >= 0.3 is 0 Å². The summed E-state index contributed by atoms with van der Waals surface area (Å²) in [6, 6.07) is -0.332. The van der Waals surface area contributed by atoms with Gasteiger partial charge in [0, 0.05) is 26.6 Å². The van der Waals surface area contributed by atoms with Gasteiger partial charge in [0.15, 0.2) is 0 Å². The van der Waals surface area contributed by atoms with Crippen LogP contribution < -0.4 is 5.32 Å². The predicted molar refractivity (Wildman–Crippen MR) is 77.9 cm³/mol. The topological polar surface area (TPSA) is 86.8 Å². The van der Waals surface area contributed by atoms with Crippen LogP contribution in [0.5, 0.6) is 0 Å². The van der Waals surface area contributed by atoms with E-state index in [4.69, 9.17) is 0 Å². The van der Waals surface area contributed by atoms with E-state index >= 15 is 0 Å². The number of likely N-dealkylation sites (tertiary alicyclic amines) is 1. The zero-order valence-corrected chi connectivity index (χ0v) is 13.4. The van der Waals surface area contributed by atoms with Gasteiger partial charge in [-0.2, -0.15) is 0 Å². The second-order valence-electron chi connectivity index (χ2n) is 5.92. The lowest BCUT2D eigenvalue weighted by molar-refractivity contribution is -0.148. The number of likely N-dealkylation sites (N-methyl/N-ethyl adjacent to an activating group) is 1. The summed E-state index contributed by atoms with van der Waals surface area (Å²) >= 11 is 0. The molecule has 0 bridgehead atoms. The second kappa shape index (κ2) is 6.41. The molecule has 0 aromatic heterocycles. The van der Waals surface area contributed by atoms with Crippen LogP contribution in [0.1, 0.15) is 25.7 Å². The maximum absolute atomic E-state index is 12.0. The van der Waals surface area contributed by atoms with Gasteiger partial charge in [-0.1, -0.05) is 0 Å². The monoisotopic (exact) mass is 317 g/mol. The van der Waals surface area contributed by atoms with E-state index in [1.54, 1.807) is 0 Å². The van der Waals surface area contributed by atoms with Crippen molar-refractivity contribution in [1.82, 2.24) is 14.5 Å². The highest BCUT2D eigenvalue weighted by molar-refractivity contribution is 7.88. The number of carbonyl (C=O) groups is 2. The maximum atomic E-state index is 12.0. The Bertz CT molecular complexity index is 520. The lowest BCUT2D eigenvalue weighted by Gasteiger charge is -2.33. The van der Waals surface area contributed by atoms with E-state index in [0.29, 0.717) is 32.5 Å². The van der Waals surface area contributed by atoms with E-state index in [-0.39, 0.29) is 23.8 Å². The molecule has 0 spiro atoms. The highest BCUT2D eigenvalue weighted by Gasteiger charge is 2.32. The summed E-state index contributed by atoms with van der Waals surface area (Å²) in [6.07, 6.45) is 3.92. The first-order chi connectivity index (χ1) is 9.79. The molecule has 0 aliphatic carbocycles. The number of nitrogens with one attached hydrogen (secondary N) is 1. The Labute approximate surface area is 125 Å².